The molecule has 9 heteroatoms. The van der Waals surface area contributed by atoms with Crippen LogP contribution in [0.4, 0.5) is 10.5 Å². The van der Waals surface area contributed by atoms with Crippen LogP contribution in [0.5, 0.6) is 0 Å². The summed E-state index contributed by atoms with van der Waals surface area (Å²) in [7, 11) is 0. The van der Waals surface area contributed by atoms with Crippen molar-refractivity contribution < 1.29 is 28.3 Å². The van der Waals surface area contributed by atoms with E-state index in [0.717, 1.165) is 0 Å². The Kier molecular flexibility index (Phi) is 7.10. The van der Waals surface area contributed by atoms with E-state index in [1.165, 1.54) is 18.2 Å². The maximum Gasteiger partial charge on any atom is 0.410 e. The fourth-order valence-corrected chi connectivity index (χ4v) is 3.81. The molecule has 3 aromatic rings. The summed E-state index contributed by atoms with van der Waals surface area (Å²) in [4.78, 5) is 51.2. The van der Waals surface area contributed by atoms with Gasteiger partial charge in [0.1, 0.15) is 22.9 Å². The van der Waals surface area contributed by atoms with Gasteiger partial charge in [0.05, 0.1) is 5.56 Å². The molecule has 0 bridgehead atoms. The third-order valence-corrected chi connectivity index (χ3v) is 5.63. The molecule has 1 aromatic heterocycles. The number of carbonyl (C=O) groups excluding carboxylic acids is 3. The number of esters is 1. The molecule has 4 rings (SSSR count). The van der Waals surface area contributed by atoms with E-state index in [4.69, 9.17) is 13.9 Å². The van der Waals surface area contributed by atoms with Crippen LogP contribution in [-0.4, -0.2) is 47.7 Å². The first-order valence-electron chi connectivity index (χ1n) is 11.7. The molecule has 1 aliphatic rings. The predicted octanol–water partition coefficient (Wildman–Crippen LogP) is 4.60. The second-order valence-corrected chi connectivity index (χ2v) is 9.59. The standard InChI is InChI=1S/C27H28N2O7/c1-27(2,3)36-26(33)29-14-12-20(13-15-29)34-24(31)17-8-10-19(11-9-17)28-23(30)21-16-18-6-4-5-7-22(18)35-25(21)32/h4-11,16,20H,12-15H2,1-3H3,(H,28,30). The summed E-state index contributed by atoms with van der Waals surface area (Å²) >= 11 is 0. The molecular weight excluding hydrogens is 464 g/mol. The maximum absolute atomic E-state index is 12.6. The number of nitrogens with one attached hydrogen (secondary N) is 1. The summed E-state index contributed by atoms with van der Waals surface area (Å²) in [6, 6.07) is 14.6. The fourth-order valence-electron chi connectivity index (χ4n) is 3.81. The largest absolute Gasteiger partial charge is 0.459 e. The van der Waals surface area contributed by atoms with Gasteiger partial charge in [0, 0.05) is 37.0 Å². The van der Waals surface area contributed by atoms with Crippen LogP contribution in [0.1, 0.15) is 54.3 Å². The summed E-state index contributed by atoms with van der Waals surface area (Å²) in [6.07, 6.45) is 0.370. The van der Waals surface area contributed by atoms with E-state index in [9.17, 15) is 19.2 Å². The van der Waals surface area contributed by atoms with E-state index in [2.05, 4.69) is 5.32 Å². The number of hydrogen-bond acceptors (Lipinski definition) is 7. The van der Waals surface area contributed by atoms with E-state index in [-0.39, 0.29) is 17.8 Å². The maximum atomic E-state index is 12.6. The number of para-hydroxylation sites is 1. The zero-order valence-electron chi connectivity index (χ0n) is 20.4. The minimum absolute atomic E-state index is 0.116. The van der Waals surface area contributed by atoms with Gasteiger partial charge in [-0.1, -0.05) is 18.2 Å². The van der Waals surface area contributed by atoms with Gasteiger partial charge in [0.15, 0.2) is 0 Å². The molecule has 0 atom stereocenters. The summed E-state index contributed by atoms with van der Waals surface area (Å²) in [5.41, 5.74) is -0.271. The van der Waals surface area contributed by atoms with Crippen LogP contribution in [0.3, 0.4) is 0 Å². The van der Waals surface area contributed by atoms with Gasteiger partial charge >= 0.3 is 17.7 Å². The number of fused-ring (bicyclic) bond motifs is 1. The zero-order valence-corrected chi connectivity index (χ0v) is 20.4. The molecule has 2 amide bonds. The Bertz CT molecular complexity index is 1330. The normalized spacial score (nSPS) is 14.4. The van der Waals surface area contributed by atoms with Gasteiger partial charge in [-0.2, -0.15) is 0 Å². The quantitative estimate of drug-likeness (QED) is 0.418. The molecule has 9 nitrogen and oxygen atoms in total. The Morgan fingerprint density at radius 1 is 1.00 bits per heavy atom. The molecule has 0 saturated carbocycles. The van der Waals surface area contributed by atoms with Crippen molar-refractivity contribution in [2.75, 3.05) is 18.4 Å². The summed E-state index contributed by atoms with van der Waals surface area (Å²) in [5, 5.41) is 3.28. The Morgan fingerprint density at radius 2 is 1.67 bits per heavy atom. The molecule has 1 aliphatic heterocycles. The molecule has 1 saturated heterocycles. The Hall–Kier alpha value is -4.14. The molecule has 1 N–H and O–H groups in total. The van der Waals surface area contributed by atoms with Gasteiger partial charge in [-0.25, -0.2) is 14.4 Å². The molecule has 1 fully saturated rings. The number of piperidine rings is 1. The van der Waals surface area contributed by atoms with Gasteiger partial charge in [-0.3, -0.25) is 4.79 Å². The minimum atomic E-state index is -0.732. The molecule has 0 unspecified atom stereocenters. The van der Waals surface area contributed by atoms with Crippen molar-refractivity contribution in [2.45, 2.75) is 45.3 Å². The lowest BCUT2D eigenvalue weighted by atomic mass is 10.1. The van der Waals surface area contributed by atoms with Gasteiger partial charge in [0.25, 0.3) is 5.91 Å². The van der Waals surface area contributed by atoms with Crippen molar-refractivity contribution in [1.29, 1.82) is 0 Å². The van der Waals surface area contributed by atoms with E-state index in [0.29, 0.717) is 48.2 Å². The van der Waals surface area contributed by atoms with Crippen molar-refractivity contribution in [3.05, 3.63) is 76.1 Å². The topological polar surface area (TPSA) is 115 Å². The summed E-state index contributed by atoms with van der Waals surface area (Å²) in [5.74, 6) is -1.10. The highest BCUT2D eigenvalue weighted by Gasteiger charge is 2.28. The highest BCUT2D eigenvalue weighted by atomic mass is 16.6. The lowest BCUT2D eigenvalue weighted by molar-refractivity contribution is -0.00341. The average Bonchev–Trinajstić information content (AvgIpc) is 2.83. The lowest BCUT2D eigenvalue weighted by Gasteiger charge is -2.33. The number of hydrogen-bond donors (Lipinski definition) is 1. The van der Waals surface area contributed by atoms with Crippen LogP contribution in [0, 0.1) is 0 Å². The smallest absolute Gasteiger partial charge is 0.410 e. The SMILES string of the molecule is CC(C)(C)OC(=O)N1CCC(OC(=O)c2ccc(NC(=O)c3cc4ccccc4oc3=O)cc2)CC1. The lowest BCUT2D eigenvalue weighted by Crippen LogP contribution is -2.43. The van der Waals surface area contributed by atoms with Crippen LogP contribution < -0.4 is 10.9 Å². The number of benzene rings is 2. The van der Waals surface area contributed by atoms with Crippen molar-refractivity contribution in [3.8, 4) is 0 Å². The third-order valence-electron chi connectivity index (χ3n) is 5.63. The first-order valence-corrected chi connectivity index (χ1v) is 11.7. The first kappa shape index (κ1) is 25.0. The van der Waals surface area contributed by atoms with Crippen molar-refractivity contribution in [2.24, 2.45) is 0 Å². The average molecular weight is 493 g/mol. The molecule has 0 spiro atoms. The van der Waals surface area contributed by atoms with Crippen molar-refractivity contribution in [3.63, 3.8) is 0 Å². The van der Waals surface area contributed by atoms with Crippen LogP contribution in [-0.2, 0) is 9.47 Å². The number of likely N-dealkylation sites (tertiary alicyclic amines) is 1. The van der Waals surface area contributed by atoms with Crippen LogP contribution in [0.15, 0.2) is 63.8 Å². The summed E-state index contributed by atoms with van der Waals surface area (Å²) in [6.45, 7) is 6.34. The molecule has 0 radical (unpaired) electrons. The molecule has 36 heavy (non-hydrogen) atoms. The van der Waals surface area contributed by atoms with Crippen LogP contribution >= 0.6 is 0 Å². The fraction of sp³-hybridized carbons (Fsp3) is 0.333. The number of ether oxygens (including phenoxy) is 2. The number of amides is 2. The Balaban J connectivity index is 1.31. The van der Waals surface area contributed by atoms with Gasteiger partial charge < -0.3 is 24.1 Å². The van der Waals surface area contributed by atoms with Crippen LogP contribution in [0.25, 0.3) is 11.0 Å². The Morgan fingerprint density at radius 3 is 2.33 bits per heavy atom. The van der Waals surface area contributed by atoms with Crippen molar-refractivity contribution >= 4 is 34.6 Å². The Labute approximate surface area is 208 Å². The molecule has 2 heterocycles. The van der Waals surface area contributed by atoms with E-state index in [1.807, 2.05) is 20.8 Å². The van der Waals surface area contributed by atoms with E-state index in [1.54, 1.807) is 41.3 Å². The van der Waals surface area contributed by atoms with Crippen LogP contribution in [0.2, 0.25) is 0 Å². The molecule has 2 aromatic carbocycles. The monoisotopic (exact) mass is 492 g/mol. The number of carbonyl (C=O) groups is 3. The second kappa shape index (κ2) is 10.2. The third kappa shape index (κ3) is 6.10. The summed E-state index contributed by atoms with van der Waals surface area (Å²) < 4.78 is 16.2. The second-order valence-electron chi connectivity index (χ2n) is 9.59. The van der Waals surface area contributed by atoms with Gasteiger partial charge in [-0.15, -0.1) is 0 Å². The highest BCUT2D eigenvalue weighted by molar-refractivity contribution is 6.05. The predicted molar refractivity (Wildman–Crippen MR) is 133 cm³/mol. The number of anilines is 1. The van der Waals surface area contributed by atoms with E-state index >= 15 is 0 Å². The molecule has 188 valence electrons. The van der Waals surface area contributed by atoms with Gasteiger partial charge in [0.2, 0.25) is 0 Å². The van der Waals surface area contributed by atoms with E-state index < -0.39 is 23.1 Å². The molecule has 0 aliphatic carbocycles. The minimum Gasteiger partial charge on any atom is -0.459 e. The molecular formula is C27H28N2O7. The number of nitrogens with zero attached hydrogens (tertiary/aromatic N) is 1. The highest BCUT2D eigenvalue weighted by Crippen LogP contribution is 2.20. The first-order chi connectivity index (χ1) is 17.1. The zero-order chi connectivity index (χ0) is 25.9. The van der Waals surface area contributed by atoms with Gasteiger partial charge in [-0.05, 0) is 57.2 Å². The van der Waals surface area contributed by atoms with Crippen molar-refractivity contribution in [1.82, 2.24) is 4.90 Å². The number of rotatable bonds is 4.